The standard InChI is InChI=1S/C19H19N3O3S/c1-11-18(12-4-6-22(11)7-5-12)21-19(25)15-8-14-13(2-3-17(23)24)10-26-16(14)9-20-15/h8-12,18H,4-7H2,1H3,(H,21,25)(H,23,24)/t11-,18-/m0/s1. The molecule has 0 saturated carbocycles. The van der Waals surface area contributed by atoms with Crippen molar-refractivity contribution in [3.63, 3.8) is 0 Å². The minimum absolute atomic E-state index is 0.149. The maximum Gasteiger partial charge on any atom is 0.382 e. The van der Waals surface area contributed by atoms with Crippen LogP contribution in [-0.4, -0.2) is 52.0 Å². The fourth-order valence-corrected chi connectivity index (χ4v) is 4.89. The van der Waals surface area contributed by atoms with Crippen LogP contribution in [0.15, 0.2) is 17.6 Å². The van der Waals surface area contributed by atoms with Gasteiger partial charge in [-0.15, -0.1) is 11.3 Å². The molecular formula is C19H19N3O3S. The Hall–Kier alpha value is -2.43. The first-order valence-corrected chi connectivity index (χ1v) is 9.58. The molecule has 2 aromatic heterocycles. The van der Waals surface area contributed by atoms with Crippen molar-refractivity contribution in [3.8, 4) is 11.8 Å². The van der Waals surface area contributed by atoms with Crippen LogP contribution in [0.3, 0.4) is 0 Å². The van der Waals surface area contributed by atoms with E-state index in [0.29, 0.717) is 23.2 Å². The molecule has 2 aromatic rings. The molecule has 0 aliphatic carbocycles. The quantitative estimate of drug-likeness (QED) is 0.791. The van der Waals surface area contributed by atoms with E-state index in [0.717, 1.165) is 36.0 Å². The molecule has 0 radical (unpaired) electrons. The van der Waals surface area contributed by atoms with E-state index < -0.39 is 5.97 Å². The van der Waals surface area contributed by atoms with Gasteiger partial charge in [0.2, 0.25) is 0 Å². The van der Waals surface area contributed by atoms with Crippen LogP contribution in [0.5, 0.6) is 0 Å². The molecule has 134 valence electrons. The Morgan fingerprint density at radius 2 is 2.15 bits per heavy atom. The van der Waals surface area contributed by atoms with Gasteiger partial charge in [-0.25, -0.2) is 9.78 Å². The van der Waals surface area contributed by atoms with E-state index in [1.54, 1.807) is 17.6 Å². The molecule has 2 atom stereocenters. The van der Waals surface area contributed by atoms with Gasteiger partial charge in [-0.05, 0) is 44.8 Å². The number of nitrogens with one attached hydrogen (secondary N) is 1. The second-order valence-corrected chi connectivity index (χ2v) is 7.79. The van der Waals surface area contributed by atoms with Crippen molar-refractivity contribution < 1.29 is 14.7 Å². The zero-order valence-electron chi connectivity index (χ0n) is 14.4. The molecule has 0 unspecified atom stereocenters. The monoisotopic (exact) mass is 369 g/mol. The maximum absolute atomic E-state index is 12.8. The number of carboxylic acids is 1. The number of fused-ring (bicyclic) bond motifs is 4. The molecule has 3 saturated heterocycles. The number of piperidine rings is 3. The summed E-state index contributed by atoms with van der Waals surface area (Å²) in [4.78, 5) is 30.1. The fourth-order valence-electron chi connectivity index (χ4n) is 4.05. The second kappa shape index (κ2) is 6.71. The van der Waals surface area contributed by atoms with E-state index in [2.05, 4.69) is 34.0 Å². The Morgan fingerprint density at radius 3 is 2.85 bits per heavy atom. The van der Waals surface area contributed by atoms with Crippen LogP contribution in [0, 0.1) is 17.8 Å². The molecule has 5 rings (SSSR count). The van der Waals surface area contributed by atoms with E-state index in [4.69, 9.17) is 5.11 Å². The molecule has 2 bridgehead atoms. The number of amides is 1. The lowest BCUT2D eigenvalue weighted by Gasteiger charge is -2.49. The summed E-state index contributed by atoms with van der Waals surface area (Å²) in [6.07, 6.45) is 3.91. The Kier molecular flexibility index (Phi) is 4.39. The number of carbonyl (C=O) groups excluding carboxylic acids is 1. The van der Waals surface area contributed by atoms with Gasteiger partial charge in [0.05, 0.1) is 4.70 Å². The lowest BCUT2D eigenvalue weighted by Crippen LogP contribution is -2.62. The lowest BCUT2D eigenvalue weighted by molar-refractivity contribution is -0.130. The third-order valence-corrected chi connectivity index (χ3v) is 6.41. The SMILES string of the molecule is C[C@H]1[C@H](NC(=O)c2cc3c(C#CC(=O)O)csc3cn2)C2CCN1CC2. The summed E-state index contributed by atoms with van der Waals surface area (Å²) in [7, 11) is 0. The maximum atomic E-state index is 12.8. The van der Waals surface area contributed by atoms with Gasteiger partial charge in [0.1, 0.15) is 5.69 Å². The number of thiophene rings is 1. The van der Waals surface area contributed by atoms with Crippen molar-refractivity contribution in [2.75, 3.05) is 13.1 Å². The topological polar surface area (TPSA) is 82.5 Å². The molecule has 3 aliphatic rings. The van der Waals surface area contributed by atoms with E-state index in [1.807, 2.05) is 0 Å². The Labute approximate surface area is 155 Å². The van der Waals surface area contributed by atoms with Crippen molar-refractivity contribution in [1.82, 2.24) is 15.2 Å². The Bertz CT molecular complexity index is 932. The third-order valence-electron chi connectivity index (χ3n) is 5.47. The molecule has 26 heavy (non-hydrogen) atoms. The fraction of sp³-hybridized carbons (Fsp3) is 0.421. The average Bonchev–Trinajstić information content (AvgIpc) is 3.05. The average molecular weight is 369 g/mol. The normalized spacial score (nSPS) is 27.0. The first-order chi connectivity index (χ1) is 12.5. The summed E-state index contributed by atoms with van der Waals surface area (Å²) in [5.41, 5.74) is 0.956. The highest BCUT2D eigenvalue weighted by Crippen LogP contribution is 2.32. The molecular weight excluding hydrogens is 350 g/mol. The number of pyridine rings is 1. The van der Waals surface area contributed by atoms with Gasteiger partial charge in [0.15, 0.2) is 0 Å². The highest BCUT2D eigenvalue weighted by molar-refractivity contribution is 7.17. The Morgan fingerprint density at radius 1 is 1.38 bits per heavy atom. The van der Waals surface area contributed by atoms with Crippen LogP contribution in [0.1, 0.15) is 35.8 Å². The van der Waals surface area contributed by atoms with E-state index in [-0.39, 0.29) is 11.9 Å². The minimum atomic E-state index is -1.17. The summed E-state index contributed by atoms with van der Waals surface area (Å²) < 4.78 is 0.882. The highest BCUT2D eigenvalue weighted by Gasteiger charge is 2.40. The zero-order chi connectivity index (χ0) is 18.3. The predicted octanol–water partition coefficient (Wildman–Crippen LogP) is 1.94. The van der Waals surface area contributed by atoms with E-state index >= 15 is 0 Å². The van der Waals surface area contributed by atoms with E-state index in [1.165, 1.54) is 11.3 Å². The van der Waals surface area contributed by atoms with Crippen molar-refractivity contribution in [1.29, 1.82) is 0 Å². The van der Waals surface area contributed by atoms with Crippen LogP contribution >= 0.6 is 11.3 Å². The number of carboxylic acid groups (broad SMARTS) is 1. The Balaban J connectivity index is 1.58. The summed E-state index contributed by atoms with van der Waals surface area (Å²) >= 11 is 1.44. The first kappa shape index (κ1) is 17.0. The van der Waals surface area contributed by atoms with Crippen molar-refractivity contribution >= 4 is 33.3 Å². The molecule has 0 aromatic carbocycles. The smallest absolute Gasteiger partial charge is 0.382 e. The number of aliphatic carboxylic acids is 1. The summed E-state index contributed by atoms with van der Waals surface area (Å²) in [5.74, 6) is 3.94. The van der Waals surface area contributed by atoms with E-state index in [9.17, 15) is 9.59 Å². The van der Waals surface area contributed by atoms with Gasteiger partial charge in [-0.1, -0.05) is 5.92 Å². The highest BCUT2D eigenvalue weighted by atomic mass is 32.1. The minimum Gasteiger partial charge on any atom is -0.472 e. The van der Waals surface area contributed by atoms with Crippen LogP contribution in [-0.2, 0) is 4.79 Å². The molecule has 7 heteroatoms. The van der Waals surface area contributed by atoms with Crippen molar-refractivity contribution in [3.05, 3.63) is 28.9 Å². The zero-order valence-corrected chi connectivity index (χ0v) is 15.2. The second-order valence-electron chi connectivity index (χ2n) is 6.88. The van der Waals surface area contributed by atoms with Crippen LogP contribution < -0.4 is 5.32 Å². The molecule has 3 aliphatic heterocycles. The van der Waals surface area contributed by atoms with Gasteiger partial charge in [0.25, 0.3) is 5.91 Å². The van der Waals surface area contributed by atoms with Gasteiger partial charge < -0.3 is 10.4 Å². The summed E-state index contributed by atoms with van der Waals surface area (Å²) in [6, 6.07) is 2.20. The number of rotatable bonds is 2. The summed E-state index contributed by atoms with van der Waals surface area (Å²) in [6.45, 7) is 4.40. The molecule has 2 N–H and O–H groups in total. The lowest BCUT2D eigenvalue weighted by atomic mass is 9.79. The number of nitrogens with zero attached hydrogens (tertiary/aromatic N) is 2. The third kappa shape index (κ3) is 3.06. The number of hydrogen-bond acceptors (Lipinski definition) is 5. The number of carbonyl (C=O) groups is 2. The summed E-state index contributed by atoms with van der Waals surface area (Å²) in [5, 5.41) is 14.5. The van der Waals surface area contributed by atoms with Crippen molar-refractivity contribution in [2.24, 2.45) is 5.92 Å². The van der Waals surface area contributed by atoms with Crippen LogP contribution in [0.2, 0.25) is 0 Å². The molecule has 0 spiro atoms. The number of aromatic nitrogens is 1. The van der Waals surface area contributed by atoms with Gasteiger partial charge in [-0.3, -0.25) is 9.69 Å². The van der Waals surface area contributed by atoms with Crippen molar-refractivity contribution in [2.45, 2.75) is 31.8 Å². The number of hydrogen-bond donors (Lipinski definition) is 2. The van der Waals surface area contributed by atoms with Gasteiger partial charge >= 0.3 is 5.97 Å². The van der Waals surface area contributed by atoms with Crippen LogP contribution in [0.4, 0.5) is 0 Å². The predicted molar refractivity (Wildman–Crippen MR) is 99.1 cm³/mol. The molecule has 3 fully saturated rings. The first-order valence-electron chi connectivity index (χ1n) is 8.70. The van der Waals surface area contributed by atoms with Crippen LogP contribution in [0.25, 0.3) is 10.1 Å². The van der Waals surface area contributed by atoms with Gasteiger partial charge in [0, 0.05) is 40.5 Å². The van der Waals surface area contributed by atoms with Gasteiger partial charge in [-0.2, -0.15) is 0 Å². The molecule has 5 heterocycles. The molecule has 1 amide bonds. The molecule has 6 nitrogen and oxygen atoms in total. The largest absolute Gasteiger partial charge is 0.472 e.